The second-order valence-electron chi connectivity index (χ2n) is 9.89. The number of benzene rings is 4. The van der Waals surface area contributed by atoms with E-state index >= 15 is 0 Å². The molecule has 0 N–H and O–H groups in total. The molecule has 7 nitrogen and oxygen atoms in total. The normalized spacial score (nSPS) is 13.3. The molecule has 5 aromatic rings. The van der Waals surface area contributed by atoms with Crippen molar-refractivity contribution in [2.45, 2.75) is 20.0 Å². The monoisotopic (exact) mass is 540 g/mol. The van der Waals surface area contributed by atoms with Crippen LogP contribution in [0.15, 0.2) is 103 Å². The third-order valence-electron chi connectivity index (χ3n) is 7.14. The second kappa shape index (κ2) is 10.3. The Balaban J connectivity index is 1.29. The van der Waals surface area contributed by atoms with Crippen molar-refractivity contribution in [3.8, 4) is 11.3 Å². The van der Waals surface area contributed by atoms with Crippen LogP contribution in [0.2, 0.25) is 0 Å². The minimum atomic E-state index is -0.987. The Morgan fingerprint density at radius 1 is 0.780 bits per heavy atom. The number of aromatic nitrogens is 1. The van der Waals surface area contributed by atoms with Gasteiger partial charge in [0.05, 0.1) is 33.6 Å². The van der Waals surface area contributed by atoms with Crippen LogP contribution in [0.1, 0.15) is 53.9 Å². The van der Waals surface area contributed by atoms with Crippen molar-refractivity contribution in [3.63, 3.8) is 0 Å². The highest BCUT2D eigenvalue weighted by Gasteiger charge is 2.36. The van der Waals surface area contributed by atoms with Crippen LogP contribution in [0.3, 0.4) is 0 Å². The van der Waals surface area contributed by atoms with E-state index in [2.05, 4.69) is 0 Å². The topological polar surface area (TPSA) is 93.6 Å². The molecule has 1 aliphatic rings. The number of pyridine rings is 1. The third kappa shape index (κ3) is 4.67. The molecule has 0 bridgehead atoms. The zero-order valence-corrected chi connectivity index (χ0v) is 22.3. The van der Waals surface area contributed by atoms with Gasteiger partial charge in [0.25, 0.3) is 11.8 Å². The van der Waals surface area contributed by atoms with Crippen LogP contribution in [0.25, 0.3) is 22.2 Å². The number of nitrogens with zero attached hydrogens (tertiary/aromatic N) is 2. The van der Waals surface area contributed by atoms with E-state index in [9.17, 15) is 19.2 Å². The smallest absolute Gasteiger partial charge is 0.339 e. The summed E-state index contributed by atoms with van der Waals surface area (Å²) in [6, 6.07) is 29.5. The third-order valence-corrected chi connectivity index (χ3v) is 7.14. The average Bonchev–Trinajstić information content (AvgIpc) is 3.26. The number of aryl methyl sites for hydroxylation is 1. The summed E-state index contributed by atoms with van der Waals surface area (Å²) < 4.78 is 5.62. The summed E-state index contributed by atoms with van der Waals surface area (Å²) in [6.07, 6.45) is -0.987. The van der Waals surface area contributed by atoms with Gasteiger partial charge >= 0.3 is 5.97 Å². The van der Waals surface area contributed by atoms with Crippen LogP contribution >= 0.6 is 0 Å². The van der Waals surface area contributed by atoms with E-state index in [0.717, 1.165) is 10.5 Å². The number of ether oxygens (including phenoxy) is 1. The van der Waals surface area contributed by atoms with E-state index in [4.69, 9.17) is 9.72 Å². The molecular formula is C34H24N2O5. The maximum atomic E-state index is 13.4. The molecule has 200 valence electrons. The van der Waals surface area contributed by atoms with Crippen molar-refractivity contribution in [2.75, 3.05) is 4.90 Å². The lowest BCUT2D eigenvalue weighted by atomic mass is 10.0. The van der Waals surface area contributed by atoms with Gasteiger partial charge in [-0.1, -0.05) is 72.3 Å². The molecule has 1 atom stereocenters. The molecule has 2 heterocycles. The lowest BCUT2D eigenvalue weighted by molar-refractivity contribution is 0.0320. The number of imide groups is 1. The fourth-order valence-electron chi connectivity index (χ4n) is 4.93. The van der Waals surface area contributed by atoms with Gasteiger partial charge in [0.2, 0.25) is 5.78 Å². The maximum absolute atomic E-state index is 13.4. The Labute approximate surface area is 236 Å². The number of hydrogen-bond acceptors (Lipinski definition) is 6. The van der Waals surface area contributed by atoms with Crippen molar-refractivity contribution >= 4 is 40.2 Å². The number of carbonyl (C=O) groups is 4. The fourth-order valence-corrected chi connectivity index (χ4v) is 4.93. The number of fused-ring (bicyclic) bond motifs is 2. The minimum absolute atomic E-state index is 0.276. The maximum Gasteiger partial charge on any atom is 0.339 e. The average molecular weight is 541 g/mol. The molecule has 0 radical (unpaired) electrons. The number of para-hydroxylation sites is 1. The molecule has 0 fully saturated rings. The minimum Gasteiger partial charge on any atom is -0.451 e. The quantitative estimate of drug-likeness (QED) is 0.140. The van der Waals surface area contributed by atoms with Gasteiger partial charge in [-0.3, -0.25) is 14.4 Å². The Bertz CT molecular complexity index is 1820. The molecule has 1 aromatic heterocycles. The first-order valence-corrected chi connectivity index (χ1v) is 13.1. The molecule has 2 amide bonds. The second-order valence-corrected chi connectivity index (χ2v) is 9.89. The zero-order chi connectivity index (χ0) is 28.7. The van der Waals surface area contributed by atoms with E-state index in [1.165, 1.54) is 0 Å². The van der Waals surface area contributed by atoms with Gasteiger partial charge in [0, 0.05) is 16.5 Å². The summed E-state index contributed by atoms with van der Waals surface area (Å²) in [5.74, 6) is -1.68. The van der Waals surface area contributed by atoms with Gasteiger partial charge in [-0.25, -0.2) is 14.7 Å². The van der Waals surface area contributed by atoms with Crippen molar-refractivity contribution in [3.05, 3.63) is 131 Å². The van der Waals surface area contributed by atoms with Crippen molar-refractivity contribution in [2.24, 2.45) is 0 Å². The molecule has 4 aromatic carbocycles. The summed E-state index contributed by atoms with van der Waals surface area (Å²) in [4.78, 5) is 57.9. The lowest BCUT2D eigenvalue weighted by Gasteiger charge is -2.16. The standard InChI is InChI=1S/C34H24N2O5/c1-20-11-13-23(14-12-20)31(37)21(2)41-34(40)28-19-30(35-29-10-6-5-7-25(28)29)22-15-17-24(18-16-22)36-32(38)26-8-3-4-9-27(26)33(36)39/h3-19,21H,1-2H3. The molecule has 0 saturated carbocycles. The first-order valence-electron chi connectivity index (χ1n) is 13.1. The molecule has 6 rings (SSSR count). The van der Waals surface area contributed by atoms with Crippen LogP contribution in [-0.4, -0.2) is 34.7 Å². The summed E-state index contributed by atoms with van der Waals surface area (Å²) in [5.41, 5.74) is 4.71. The molecule has 0 spiro atoms. The number of rotatable bonds is 6. The molecule has 0 aliphatic carbocycles. The molecule has 0 saturated heterocycles. The molecule has 1 aliphatic heterocycles. The number of esters is 1. The van der Waals surface area contributed by atoms with Crippen LogP contribution in [0.5, 0.6) is 0 Å². The van der Waals surface area contributed by atoms with E-state index in [-0.39, 0.29) is 23.2 Å². The van der Waals surface area contributed by atoms with Crippen LogP contribution in [-0.2, 0) is 4.74 Å². The Kier molecular flexibility index (Phi) is 6.47. The summed E-state index contributed by atoms with van der Waals surface area (Å²) in [6.45, 7) is 3.49. The van der Waals surface area contributed by atoms with Crippen molar-refractivity contribution in [1.29, 1.82) is 0 Å². The highest BCUT2D eigenvalue weighted by atomic mass is 16.5. The summed E-state index contributed by atoms with van der Waals surface area (Å²) in [7, 11) is 0. The van der Waals surface area contributed by atoms with Crippen LogP contribution < -0.4 is 4.90 Å². The molecule has 41 heavy (non-hydrogen) atoms. The van der Waals surface area contributed by atoms with Gasteiger partial charge in [-0.05, 0) is 50.2 Å². The summed E-state index contributed by atoms with van der Waals surface area (Å²) >= 11 is 0. The van der Waals surface area contributed by atoms with Gasteiger partial charge < -0.3 is 4.74 Å². The Morgan fingerprint density at radius 2 is 1.39 bits per heavy atom. The van der Waals surface area contributed by atoms with Crippen molar-refractivity contribution < 1.29 is 23.9 Å². The first-order chi connectivity index (χ1) is 19.8. The van der Waals surface area contributed by atoms with E-state index in [1.54, 1.807) is 91.9 Å². The molecule has 1 unspecified atom stereocenters. The number of Topliss-reactive ketones (excluding diaryl/α,β-unsaturated/α-hetero) is 1. The highest BCUT2D eigenvalue weighted by Crippen LogP contribution is 2.31. The first kappa shape index (κ1) is 25.8. The zero-order valence-electron chi connectivity index (χ0n) is 22.3. The Morgan fingerprint density at radius 3 is 2.05 bits per heavy atom. The predicted molar refractivity (Wildman–Crippen MR) is 155 cm³/mol. The fraction of sp³-hybridized carbons (Fsp3) is 0.0882. The summed E-state index contributed by atoms with van der Waals surface area (Å²) in [5, 5.41) is 0.596. The van der Waals surface area contributed by atoms with E-state index in [1.807, 2.05) is 25.1 Å². The van der Waals surface area contributed by atoms with E-state index < -0.39 is 12.1 Å². The number of carbonyl (C=O) groups excluding carboxylic acids is 4. The lowest BCUT2D eigenvalue weighted by Crippen LogP contribution is -2.29. The number of anilines is 1. The van der Waals surface area contributed by atoms with Gasteiger partial charge in [0.1, 0.15) is 0 Å². The predicted octanol–water partition coefficient (Wildman–Crippen LogP) is 6.44. The number of hydrogen-bond donors (Lipinski definition) is 0. The number of amides is 2. The Hall–Kier alpha value is -5.43. The molecule has 7 heteroatoms. The number of ketones is 1. The van der Waals surface area contributed by atoms with Gasteiger partial charge in [-0.15, -0.1) is 0 Å². The van der Waals surface area contributed by atoms with Gasteiger partial charge in [0.15, 0.2) is 6.10 Å². The molecular weight excluding hydrogens is 516 g/mol. The largest absolute Gasteiger partial charge is 0.451 e. The van der Waals surface area contributed by atoms with Crippen LogP contribution in [0, 0.1) is 6.92 Å². The van der Waals surface area contributed by atoms with E-state index in [0.29, 0.717) is 44.5 Å². The van der Waals surface area contributed by atoms with Crippen molar-refractivity contribution in [1.82, 2.24) is 4.98 Å². The van der Waals surface area contributed by atoms with Crippen LogP contribution in [0.4, 0.5) is 5.69 Å². The highest BCUT2D eigenvalue weighted by molar-refractivity contribution is 6.34. The SMILES string of the molecule is Cc1ccc(C(=O)C(C)OC(=O)c2cc(-c3ccc(N4C(=O)c5ccccc5C4=O)cc3)nc3ccccc23)cc1. The van der Waals surface area contributed by atoms with Gasteiger partial charge in [-0.2, -0.15) is 0 Å².